The number of benzene rings is 2. The molecular formula is C22H16Cl2N2O2S. The molecule has 2 aromatic heterocycles. The fourth-order valence-corrected chi connectivity index (χ4v) is 4.23. The topological polar surface area (TPSA) is 44.1 Å². The fraction of sp³-hybridized carbons (Fsp3) is 0.0909. The quantitative estimate of drug-likeness (QED) is 0.281. The second kappa shape index (κ2) is 8.49. The van der Waals surface area contributed by atoms with Crippen molar-refractivity contribution in [3.05, 3.63) is 92.8 Å². The minimum Gasteiger partial charge on any atom is -0.479 e. The zero-order valence-electron chi connectivity index (χ0n) is 15.4. The first-order chi connectivity index (χ1) is 14.1. The van der Waals surface area contributed by atoms with Crippen molar-refractivity contribution in [1.29, 1.82) is 0 Å². The third-order valence-electron chi connectivity index (χ3n) is 4.43. The lowest BCUT2D eigenvalue weighted by Crippen LogP contribution is -2.18. The molecule has 4 aromatic rings. The van der Waals surface area contributed by atoms with Crippen molar-refractivity contribution >= 4 is 45.9 Å². The van der Waals surface area contributed by atoms with Gasteiger partial charge in [0.2, 0.25) is 5.88 Å². The monoisotopic (exact) mass is 442 g/mol. The first-order valence-corrected chi connectivity index (χ1v) is 10.5. The molecule has 0 N–H and O–H groups in total. The number of rotatable bonds is 5. The molecular weight excluding hydrogens is 427 g/mol. The molecule has 4 nitrogen and oxygen atoms in total. The lowest BCUT2D eigenvalue weighted by atomic mass is 10.2. The summed E-state index contributed by atoms with van der Waals surface area (Å²) < 4.78 is 6.87. The molecule has 0 aliphatic heterocycles. The lowest BCUT2D eigenvalue weighted by Gasteiger charge is -2.14. The van der Waals surface area contributed by atoms with Crippen LogP contribution in [0.3, 0.4) is 0 Å². The Morgan fingerprint density at radius 2 is 1.83 bits per heavy atom. The Morgan fingerprint density at radius 3 is 2.59 bits per heavy atom. The molecule has 0 aliphatic carbocycles. The van der Waals surface area contributed by atoms with Crippen molar-refractivity contribution in [2.75, 3.05) is 7.11 Å². The number of methoxy groups -OCH3 is 1. The number of hydrogen-bond donors (Lipinski definition) is 0. The van der Waals surface area contributed by atoms with E-state index < -0.39 is 0 Å². The summed E-state index contributed by atoms with van der Waals surface area (Å²) in [5.41, 5.74) is 2.23. The highest BCUT2D eigenvalue weighted by Gasteiger charge is 2.15. The number of halogens is 2. The van der Waals surface area contributed by atoms with Crippen LogP contribution in [0.4, 0.5) is 0 Å². The van der Waals surface area contributed by atoms with Crippen molar-refractivity contribution in [2.24, 2.45) is 0 Å². The normalized spacial score (nSPS) is 11.0. The van der Waals surface area contributed by atoms with Crippen LogP contribution in [-0.4, -0.2) is 16.7 Å². The van der Waals surface area contributed by atoms with E-state index in [4.69, 9.17) is 27.9 Å². The third-order valence-corrected chi connectivity index (χ3v) is 6.17. The molecule has 0 spiro atoms. The Labute approximate surface area is 182 Å². The van der Waals surface area contributed by atoms with Crippen LogP contribution in [0.15, 0.2) is 76.4 Å². The van der Waals surface area contributed by atoms with Crippen LogP contribution in [0.1, 0.15) is 5.56 Å². The van der Waals surface area contributed by atoms with E-state index in [0.717, 1.165) is 21.6 Å². The number of aromatic nitrogens is 2. The van der Waals surface area contributed by atoms with Gasteiger partial charge in [-0.2, -0.15) is 4.98 Å². The van der Waals surface area contributed by atoms with Gasteiger partial charge in [0.05, 0.1) is 17.6 Å². The third kappa shape index (κ3) is 4.13. The van der Waals surface area contributed by atoms with Crippen LogP contribution in [0, 0.1) is 0 Å². The largest absolute Gasteiger partial charge is 0.479 e. The molecule has 2 aromatic carbocycles. The molecule has 0 bridgehead atoms. The summed E-state index contributed by atoms with van der Waals surface area (Å²) in [5, 5.41) is 1.30. The van der Waals surface area contributed by atoms with Crippen molar-refractivity contribution in [3.8, 4) is 11.6 Å². The SMILES string of the molecule is COc1nc(Cl)c(Cl)cc1-n1c(=O)ccc2cc(SCc3ccccc3)ccc21. The van der Waals surface area contributed by atoms with Gasteiger partial charge in [-0.05, 0) is 41.3 Å². The van der Waals surface area contributed by atoms with E-state index >= 15 is 0 Å². The van der Waals surface area contributed by atoms with Crippen LogP contribution in [0.25, 0.3) is 16.6 Å². The average molecular weight is 443 g/mol. The number of hydrogen-bond acceptors (Lipinski definition) is 4. The fourth-order valence-electron chi connectivity index (χ4n) is 3.05. The molecule has 2 heterocycles. The minimum absolute atomic E-state index is 0.125. The van der Waals surface area contributed by atoms with Gasteiger partial charge < -0.3 is 4.74 Å². The molecule has 0 radical (unpaired) electrons. The van der Waals surface area contributed by atoms with E-state index in [0.29, 0.717) is 5.69 Å². The van der Waals surface area contributed by atoms with E-state index in [1.54, 1.807) is 17.8 Å². The summed E-state index contributed by atoms with van der Waals surface area (Å²) >= 11 is 13.9. The van der Waals surface area contributed by atoms with E-state index in [9.17, 15) is 4.79 Å². The zero-order chi connectivity index (χ0) is 20.4. The number of ether oxygens (including phenoxy) is 1. The molecule has 4 rings (SSSR count). The minimum atomic E-state index is -0.208. The van der Waals surface area contributed by atoms with Gasteiger partial charge in [0.15, 0.2) is 5.15 Å². The van der Waals surface area contributed by atoms with Crippen molar-refractivity contribution in [3.63, 3.8) is 0 Å². The molecule has 146 valence electrons. The molecule has 0 aliphatic rings. The molecule has 7 heteroatoms. The molecule has 0 amide bonds. The first-order valence-electron chi connectivity index (χ1n) is 8.80. The first kappa shape index (κ1) is 19.8. The van der Waals surface area contributed by atoms with Gasteiger partial charge in [-0.1, -0.05) is 53.5 Å². The van der Waals surface area contributed by atoms with Crippen molar-refractivity contribution in [2.45, 2.75) is 10.6 Å². The molecule has 0 fully saturated rings. The molecule has 29 heavy (non-hydrogen) atoms. The number of thioether (sulfide) groups is 1. The van der Waals surface area contributed by atoms with Crippen LogP contribution < -0.4 is 10.3 Å². The van der Waals surface area contributed by atoms with Crippen LogP contribution in [-0.2, 0) is 5.75 Å². The Kier molecular flexibility index (Phi) is 5.81. The smallest absolute Gasteiger partial charge is 0.255 e. The van der Waals surface area contributed by atoms with E-state index in [2.05, 4.69) is 23.2 Å². The summed E-state index contributed by atoms with van der Waals surface area (Å²) in [7, 11) is 1.48. The second-order valence-corrected chi connectivity index (χ2v) is 8.11. The Balaban J connectivity index is 1.77. The lowest BCUT2D eigenvalue weighted by molar-refractivity contribution is 0.396. The maximum atomic E-state index is 12.7. The molecule has 0 atom stereocenters. The van der Waals surface area contributed by atoms with Gasteiger partial charge in [-0.15, -0.1) is 11.8 Å². The van der Waals surface area contributed by atoms with Crippen LogP contribution in [0.2, 0.25) is 10.2 Å². The Morgan fingerprint density at radius 1 is 1.03 bits per heavy atom. The number of nitrogens with zero attached hydrogens (tertiary/aromatic N) is 2. The second-order valence-electron chi connectivity index (χ2n) is 6.29. The van der Waals surface area contributed by atoms with Gasteiger partial charge in [0.1, 0.15) is 5.69 Å². The van der Waals surface area contributed by atoms with Crippen molar-refractivity contribution in [1.82, 2.24) is 9.55 Å². The van der Waals surface area contributed by atoms with Gasteiger partial charge in [-0.3, -0.25) is 9.36 Å². The van der Waals surface area contributed by atoms with Gasteiger partial charge in [0, 0.05) is 16.7 Å². The van der Waals surface area contributed by atoms with E-state index in [1.165, 1.54) is 23.3 Å². The molecule has 0 unspecified atom stereocenters. The van der Waals surface area contributed by atoms with Crippen LogP contribution >= 0.6 is 35.0 Å². The van der Waals surface area contributed by atoms with Crippen molar-refractivity contribution < 1.29 is 4.74 Å². The Hall–Kier alpha value is -2.47. The summed E-state index contributed by atoms with van der Waals surface area (Å²) in [4.78, 5) is 18.0. The highest BCUT2D eigenvalue weighted by molar-refractivity contribution is 7.98. The van der Waals surface area contributed by atoms with E-state index in [1.807, 2.05) is 36.4 Å². The van der Waals surface area contributed by atoms with Gasteiger partial charge in [0.25, 0.3) is 5.56 Å². The number of pyridine rings is 2. The maximum Gasteiger partial charge on any atom is 0.255 e. The highest BCUT2D eigenvalue weighted by Crippen LogP contribution is 2.32. The van der Waals surface area contributed by atoms with Crippen LogP contribution in [0.5, 0.6) is 5.88 Å². The summed E-state index contributed by atoms with van der Waals surface area (Å²) in [6.07, 6.45) is 0. The predicted molar refractivity (Wildman–Crippen MR) is 120 cm³/mol. The zero-order valence-corrected chi connectivity index (χ0v) is 17.8. The molecule has 0 saturated heterocycles. The highest BCUT2D eigenvalue weighted by atomic mass is 35.5. The van der Waals surface area contributed by atoms with Gasteiger partial charge in [-0.25, -0.2) is 0 Å². The molecule has 0 saturated carbocycles. The number of fused-ring (bicyclic) bond motifs is 1. The predicted octanol–water partition coefficient (Wildman–Crippen LogP) is 5.99. The standard InChI is InChI=1S/C22H16Cl2N2O2S/c1-28-22-19(12-17(23)21(24)25-22)26-18-9-8-16(11-15(18)7-10-20(26)27)29-13-14-5-3-2-4-6-14/h2-12H,13H2,1H3. The van der Waals surface area contributed by atoms with E-state index in [-0.39, 0.29) is 21.6 Å². The Bertz CT molecular complexity index is 1240. The summed E-state index contributed by atoms with van der Waals surface area (Å²) in [6.45, 7) is 0. The summed E-state index contributed by atoms with van der Waals surface area (Å²) in [6, 6.07) is 21.2. The average Bonchev–Trinajstić information content (AvgIpc) is 2.74. The maximum absolute atomic E-state index is 12.7. The van der Waals surface area contributed by atoms with Gasteiger partial charge >= 0.3 is 0 Å². The summed E-state index contributed by atoms with van der Waals surface area (Å²) in [5.74, 6) is 1.10.